The summed E-state index contributed by atoms with van der Waals surface area (Å²) in [5.41, 5.74) is 1.13. The first kappa shape index (κ1) is 17.6. The summed E-state index contributed by atoms with van der Waals surface area (Å²) in [6.45, 7) is 1.83. The zero-order valence-electron chi connectivity index (χ0n) is 13.8. The molecule has 126 valence electrons. The van der Waals surface area contributed by atoms with Crippen molar-refractivity contribution < 1.29 is 19.3 Å². The molecule has 1 aliphatic rings. The maximum absolute atomic E-state index is 10.1. The Balaban J connectivity index is 1.95. The molecule has 23 heavy (non-hydrogen) atoms. The minimum absolute atomic E-state index is 0.232. The van der Waals surface area contributed by atoms with E-state index in [1.807, 2.05) is 18.2 Å². The van der Waals surface area contributed by atoms with Crippen molar-refractivity contribution in [3.05, 3.63) is 23.8 Å². The van der Waals surface area contributed by atoms with E-state index in [4.69, 9.17) is 20.6 Å². The number of terminal acetylenes is 1. The van der Waals surface area contributed by atoms with E-state index in [2.05, 4.69) is 10.8 Å². The molecule has 0 aromatic heterocycles. The quantitative estimate of drug-likeness (QED) is 0.525. The van der Waals surface area contributed by atoms with Crippen LogP contribution in [0.5, 0.6) is 11.5 Å². The molecule has 0 radical (unpaired) electrons. The number of nitrogens with zero attached hydrogens (tertiary/aromatic N) is 1. The second-order valence-electron chi connectivity index (χ2n) is 5.72. The van der Waals surface area contributed by atoms with Crippen LogP contribution >= 0.6 is 0 Å². The molecule has 5 heteroatoms. The van der Waals surface area contributed by atoms with Crippen LogP contribution in [0.2, 0.25) is 0 Å². The molecule has 1 N–H and O–H groups in total. The van der Waals surface area contributed by atoms with Gasteiger partial charge in [0.25, 0.3) is 0 Å². The number of methoxy groups -OCH3 is 2. The zero-order chi connectivity index (χ0) is 16.7. The van der Waals surface area contributed by atoms with E-state index in [9.17, 15) is 5.11 Å². The van der Waals surface area contributed by atoms with Gasteiger partial charge in [0, 0.05) is 19.1 Å². The first-order chi connectivity index (χ1) is 11.2. The van der Waals surface area contributed by atoms with Crippen LogP contribution in [0.3, 0.4) is 0 Å². The summed E-state index contributed by atoms with van der Waals surface area (Å²) in [5.74, 6) is 3.84. The number of ether oxygens (including phenoxy) is 3. The van der Waals surface area contributed by atoms with Crippen molar-refractivity contribution in [1.82, 2.24) is 4.90 Å². The Morgan fingerprint density at radius 2 is 2.04 bits per heavy atom. The Morgan fingerprint density at radius 1 is 1.30 bits per heavy atom. The number of benzene rings is 1. The summed E-state index contributed by atoms with van der Waals surface area (Å²) in [7, 11) is 3.26. The van der Waals surface area contributed by atoms with Gasteiger partial charge < -0.3 is 19.3 Å². The number of hydrogen-bond acceptors (Lipinski definition) is 5. The Kier molecular flexibility index (Phi) is 6.72. The monoisotopic (exact) mass is 319 g/mol. The van der Waals surface area contributed by atoms with Crippen molar-refractivity contribution >= 4 is 0 Å². The SMILES string of the molecule is C#CCOCC(O)CN(Cc1ccc(OC)c(OC)c1)C1CC1. The fourth-order valence-electron chi connectivity index (χ4n) is 2.57. The van der Waals surface area contributed by atoms with Crippen LogP contribution in [0.15, 0.2) is 18.2 Å². The Hall–Kier alpha value is -1.74. The molecule has 0 heterocycles. The summed E-state index contributed by atoms with van der Waals surface area (Å²) in [6.07, 6.45) is 6.94. The number of aliphatic hydroxyl groups excluding tert-OH is 1. The molecule has 0 spiro atoms. The predicted molar refractivity (Wildman–Crippen MR) is 88.6 cm³/mol. The van der Waals surface area contributed by atoms with Crippen molar-refractivity contribution in [3.8, 4) is 23.8 Å². The molecule has 0 amide bonds. The molecule has 1 saturated carbocycles. The molecule has 1 unspecified atom stereocenters. The first-order valence-corrected chi connectivity index (χ1v) is 7.82. The second kappa shape index (κ2) is 8.78. The standard InChI is InChI=1S/C18H25NO4/c1-4-9-23-13-16(20)12-19(15-6-7-15)11-14-5-8-17(21-2)18(10-14)22-3/h1,5,8,10,15-16,20H,6-7,9,11-13H2,2-3H3. The summed E-state index contributed by atoms with van der Waals surface area (Å²) in [4.78, 5) is 2.28. The summed E-state index contributed by atoms with van der Waals surface area (Å²) < 4.78 is 15.8. The van der Waals surface area contributed by atoms with Gasteiger partial charge in [-0.3, -0.25) is 4.90 Å². The summed E-state index contributed by atoms with van der Waals surface area (Å²) in [5, 5.41) is 10.1. The Morgan fingerprint density at radius 3 is 2.65 bits per heavy atom. The first-order valence-electron chi connectivity index (χ1n) is 7.82. The lowest BCUT2D eigenvalue weighted by molar-refractivity contribution is 0.0242. The highest BCUT2D eigenvalue weighted by molar-refractivity contribution is 5.42. The molecule has 0 aliphatic heterocycles. The van der Waals surface area contributed by atoms with Crippen LogP contribution in [0, 0.1) is 12.3 Å². The van der Waals surface area contributed by atoms with Gasteiger partial charge >= 0.3 is 0 Å². The van der Waals surface area contributed by atoms with Crippen LogP contribution in [-0.4, -0.2) is 56.1 Å². The summed E-state index contributed by atoms with van der Waals surface area (Å²) >= 11 is 0. The van der Waals surface area contributed by atoms with E-state index in [0.29, 0.717) is 12.6 Å². The molecule has 5 nitrogen and oxygen atoms in total. The summed E-state index contributed by atoms with van der Waals surface area (Å²) in [6, 6.07) is 6.45. The lowest BCUT2D eigenvalue weighted by Crippen LogP contribution is -2.36. The highest BCUT2D eigenvalue weighted by Crippen LogP contribution is 2.31. The van der Waals surface area contributed by atoms with Crippen molar-refractivity contribution in [3.63, 3.8) is 0 Å². The molecule has 0 bridgehead atoms. The van der Waals surface area contributed by atoms with E-state index >= 15 is 0 Å². The van der Waals surface area contributed by atoms with E-state index in [1.54, 1.807) is 14.2 Å². The van der Waals surface area contributed by atoms with Gasteiger partial charge in [0.2, 0.25) is 0 Å². The largest absolute Gasteiger partial charge is 0.493 e. The third kappa shape index (κ3) is 5.43. The average Bonchev–Trinajstić information content (AvgIpc) is 3.39. The predicted octanol–water partition coefficient (Wildman–Crippen LogP) is 1.68. The van der Waals surface area contributed by atoms with Gasteiger partial charge in [-0.15, -0.1) is 6.42 Å². The molecule has 1 aliphatic carbocycles. The van der Waals surface area contributed by atoms with Gasteiger partial charge in [0.15, 0.2) is 11.5 Å². The maximum atomic E-state index is 10.1. The molecule has 1 aromatic carbocycles. The molecule has 1 aromatic rings. The maximum Gasteiger partial charge on any atom is 0.161 e. The fraction of sp³-hybridized carbons (Fsp3) is 0.556. The molecule has 2 rings (SSSR count). The van der Waals surface area contributed by atoms with Crippen molar-refractivity contribution in [2.75, 3.05) is 34.0 Å². The highest BCUT2D eigenvalue weighted by atomic mass is 16.5. The van der Waals surface area contributed by atoms with Gasteiger partial charge in [0.1, 0.15) is 6.61 Å². The van der Waals surface area contributed by atoms with Crippen LogP contribution in [0.25, 0.3) is 0 Å². The normalized spacial score (nSPS) is 15.3. The van der Waals surface area contributed by atoms with E-state index in [-0.39, 0.29) is 13.2 Å². The van der Waals surface area contributed by atoms with Crippen LogP contribution in [-0.2, 0) is 11.3 Å². The van der Waals surface area contributed by atoms with Gasteiger partial charge in [0.05, 0.1) is 26.9 Å². The van der Waals surface area contributed by atoms with Crippen LogP contribution < -0.4 is 9.47 Å². The third-order valence-electron chi connectivity index (χ3n) is 3.84. The molecular weight excluding hydrogens is 294 g/mol. The van der Waals surface area contributed by atoms with Crippen LogP contribution in [0.4, 0.5) is 0 Å². The topological polar surface area (TPSA) is 51.2 Å². The minimum Gasteiger partial charge on any atom is -0.493 e. The third-order valence-corrected chi connectivity index (χ3v) is 3.84. The zero-order valence-corrected chi connectivity index (χ0v) is 13.8. The van der Waals surface area contributed by atoms with E-state index in [0.717, 1.165) is 23.6 Å². The lowest BCUT2D eigenvalue weighted by atomic mass is 10.1. The Bertz CT molecular complexity index is 536. The number of aliphatic hydroxyl groups is 1. The Labute approximate surface area is 138 Å². The molecule has 0 saturated heterocycles. The molecule has 1 atom stereocenters. The molecular formula is C18H25NO4. The molecule has 1 fully saturated rings. The lowest BCUT2D eigenvalue weighted by Gasteiger charge is -2.25. The van der Waals surface area contributed by atoms with Crippen molar-refractivity contribution in [2.45, 2.75) is 31.5 Å². The average molecular weight is 319 g/mol. The smallest absolute Gasteiger partial charge is 0.161 e. The van der Waals surface area contributed by atoms with Crippen molar-refractivity contribution in [1.29, 1.82) is 0 Å². The fourth-order valence-corrected chi connectivity index (χ4v) is 2.57. The minimum atomic E-state index is -0.538. The van der Waals surface area contributed by atoms with E-state index in [1.165, 1.54) is 12.8 Å². The van der Waals surface area contributed by atoms with Gasteiger partial charge in [-0.05, 0) is 30.5 Å². The van der Waals surface area contributed by atoms with Gasteiger partial charge in [-0.1, -0.05) is 12.0 Å². The van der Waals surface area contributed by atoms with Crippen LogP contribution in [0.1, 0.15) is 18.4 Å². The van der Waals surface area contributed by atoms with Gasteiger partial charge in [-0.25, -0.2) is 0 Å². The van der Waals surface area contributed by atoms with E-state index < -0.39 is 6.10 Å². The second-order valence-corrected chi connectivity index (χ2v) is 5.72. The van der Waals surface area contributed by atoms with Crippen molar-refractivity contribution in [2.24, 2.45) is 0 Å². The highest BCUT2D eigenvalue weighted by Gasteiger charge is 2.30. The van der Waals surface area contributed by atoms with Gasteiger partial charge in [-0.2, -0.15) is 0 Å². The number of rotatable bonds is 10. The number of hydrogen-bond donors (Lipinski definition) is 1.